The van der Waals surface area contributed by atoms with Crippen molar-refractivity contribution >= 4 is 11.8 Å². The standard InChI is InChI=1S/C40H36N4O3/c1-3-37(45)36(39(46)47-4-2)28-29-25-26-34(30-17-9-5-10-18-30)35(27-29)38-41-43-44(42-38)40(31-19-11-6-12-20-31,32-21-13-7-14-22-32)33-23-15-8-16-24-33/h5-27,36H,3-4,28H2,1-2H3. The van der Waals surface area contributed by atoms with Gasteiger partial charge in [-0.25, -0.2) is 0 Å². The Labute approximate surface area is 274 Å². The second-order valence-electron chi connectivity index (χ2n) is 11.3. The summed E-state index contributed by atoms with van der Waals surface area (Å²) in [5.41, 5.74) is 5.45. The third-order valence-electron chi connectivity index (χ3n) is 8.45. The molecule has 0 amide bonds. The number of carbonyl (C=O) groups excluding carboxylic acids is 2. The molecule has 0 N–H and O–H groups in total. The van der Waals surface area contributed by atoms with E-state index >= 15 is 0 Å². The van der Waals surface area contributed by atoms with Crippen molar-refractivity contribution in [2.24, 2.45) is 5.92 Å². The number of hydrogen-bond donors (Lipinski definition) is 0. The van der Waals surface area contributed by atoms with Crippen molar-refractivity contribution < 1.29 is 14.3 Å². The monoisotopic (exact) mass is 620 g/mol. The van der Waals surface area contributed by atoms with Crippen molar-refractivity contribution in [1.29, 1.82) is 0 Å². The van der Waals surface area contributed by atoms with Gasteiger partial charge >= 0.3 is 5.97 Å². The van der Waals surface area contributed by atoms with Gasteiger partial charge in [-0.2, -0.15) is 0 Å². The Bertz CT molecular complexity index is 1850. The number of ether oxygens (including phenoxy) is 1. The van der Waals surface area contributed by atoms with Gasteiger partial charge in [0.05, 0.1) is 6.61 Å². The number of hydrogen-bond acceptors (Lipinski definition) is 6. The van der Waals surface area contributed by atoms with E-state index in [-0.39, 0.29) is 25.2 Å². The number of ketones is 1. The lowest BCUT2D eigenvalue weighted by atomic mass is 9.77. The highest BCUT2D eigenvalue weighted by Crippen LogP contribution is 2.40. The molecule has 0 aliphatic heterocycles. The first-order valence-electron chi connectivity index (χ1n) is 15.9. The Balaban J connectivity index is 1.55. The molecular formula is C40H36N4O3. The molecule has 1 heterocycles. The van der Waals surface area contributed by atoms with Gasteiger partial charge in [0.2, 0.25) is 5.82 Å². The van der Waals surface area contributed by atoms with Gasteiger partial charge < -0.3 is 4.74 Å². The number of carbonyl (C=O) groups is 2. The van der Waals surface area contributed by atoms with E-state index in [1.807, 2.05) is 103 Å². The van der Waals surface area contributed by atoms with Gasteiger partial charge in [-0.1, -0.05) is 140 Å². The average Bonchev–Trinajstić information content (AvgIpc) is 3.63. The minimum atomic E-state index is -0.928. The highest BCUT2D eigenvalue weighted by Gasteiger charge is 2.41. The Hall–Kier alpha value is -5.69. The van der Waals surface area contributed by atoms with Crippen LogP contribution in [0.5, 0.6) is 0 Å². The Morgan fingerprint density at radius 1 is 0.702 bits per heavy atom. The van der Waals surface area contributed by atoms with Gasteiger partial charge in [0.1, 0.15) is 11.7 Å². The first kappa shape index (κ1) is 31.3. The van der Waals surface area contributed by atoms with Crippen molar-refractivity contribution in [3.63, 3.8) is 0 Å². The Kier molecular flexibility index (Phi) is 9.43. The van der Waals surface area contributed by atoms with Crippen LogP contribution in [0.4, 0.5) is 0 Å². The molecule has 7 heteroatoms. The number of rotatable bonds is 12. The predicted octanol–water partition coefficient (Wildman–Crippen LogP) is 7.55. The van der Waals surface area contributed by atoms with Crippen LogP contribution < -0.4 is 0 Å². The normalized spacial score (nSPS) is 12.0. The molecule has 0 saturated heterocycles. The highest BCUT2D eigenvalue weighted by atomic mass is 16.5. The molecule has 0 bridgehead atoms. The van der Waals surface area contributed by atoms with Crippen LogP contribution in [0.2, 0.25) is 0 Å². The van der Waals surface area contributed by atoms with E-state index in [9.17, 15) is 9.59 Å². The van der Waals surface area contributed by atoms with Gasteiger partial charge in [0.15, 0.2) is 5.54 Å². The highest BCUT2D eigenvalue weighted by molar-refractivity contribution is 5.99. The third-order valence-corrected chi connectivity index (χ3v) is 8.45. The second kappa shape index (κ2) is 14.2. The van der Waals surface area contributed by atoms with Crippen molar-refractivity contribution in [3.05, 3.63) is 162 Å². The maximum atomic E-state index is 12.9. The minimum absolute atomic E-state index is 0.153. The van der Waals surface area contributed by atoms with Crippen LogP contribution in [0.25, 0.3) is 22.5 Å². The molecule has 0 saturated carbocycles. The molecule has 0 spiro atoms. The van der Waals surface area contributed by atoms with Crippen molar-refractivity contribution in [1.82, 2.24) is 20.2 Å². The van der Waals surface area contributed by atoms with E-state index < -0.39 is 17.4 Å². The fourth-order valence-electron chi connectivity index (χ4n) is 6.18. The maximum absolute atomic E-state index is 12.9. The molecule has 1 aromatic heterocycles. The molecule has 0 aliphatic carbocycles. The zero-order chi connectivity index (χ0) is 32.6. The van der Waals surface area contributed by atoms with Crippen LogP contribution in [0.15, 0.2) is 140 Å². The summed E-state index contributed by atoms with van der Waals surface area (Å²) in [4.78, 5) is 27.4. The maximum Gasteiger partial charge on any atom is 0.316 e. The quantitative estimate of drug-likeness (QED) is 0.0798. The molecule has 6 aromatic rings. The lowest BCUT2D eigenvalue weighted by Crippen LogP contribution is -2.39. The number of benzene rings is 5. The van der Waals surface area contributed by atoms with E-state index in [1.54, 1.807) is 18.6 Å². The summed E-state index contributed by atoms with van der Waals surface area (Å²) in [6.45, 7) is 3.72. The zero-order valence-electron chi connectivity index (χ0n) is 26.5. The van der Waals surface area contributed by atoms with Crippen LogP contribution in [0, 0.1) is 5.92 Å². The molecular weight excluding hydrogens is 584 g/mol. The topological polar surface area (TPSA) is 87.0 Å². The fraction of sp³-hybridized carbons (Fsp3) is 0.175. The van der Waals surface area contributed by atoms with Gasteiger partial charge in [0.25, 0.3) is 0 Å². The third kappa shape index (κ3) is 6.25. The number of Topliss-reactive ketones (excluding diaryl/α,β-unsaturated/α-hetero) is 1. The van der Waals surface area contributed by atoms with Crippen molar-refractivity contribution in [2.75, 3.05) is 6.61 Å². The number of aromatic nitrogens is 4. The zero-order valence-corrected chi connectivity index (χ0v) is 26.5. The summed E-state index contributed by atoms with van der Waals surface area (Å²) in [6.07, 6.45) is 0.457. The molecule has 234 valence electrons. The SMILES string of the molecule is CCOC(=O)C(Cc1ccc(-c2ccccc2)c(-c2nnn(C(c3ccccc3)(c3ccccc3)c3ccccc3)n2)c1)C(=O)CC. The number of esters is 1. The molecule has 1 atom stereocenters. The first-order chi connectivity index (χ1) is 23.1. The molecule has 6 rings (SSSR count). The number of nitrogens with zero attached hydrogens (tertiary/aromatic N) is 4. The van der Waals surface area contributed by atoms with E-state index in [0.29, 0.717) is 5.82 Å². The Morgan fingerprint density at radius 3 is 1.74 bits per heavy atom. The van der Waals surface area contributed by atoms with Crippen LogP contribution in [-0.4, -0.2) is 38.6 Å². The summed E-state index contributed by atoms with van der Waals surface area (Å²) in [7, 11) is 0. The van der Waals surface area contributed by atoms with Crippen LogP contribution >= 0.6 is 0 Å². The largest absolute Gasteiger partial charge is 0.465 e. The molecule has 47 heavy (non-hydrogen) atoms. The number of tetrazole rings is 1. The molecule has 5 aromatic carbocycles. The smallest absolute Gasteiger partial charge is 0.316 e. The predicted molar refractivity (Wildman–Crippen MR) is 182 cm³/mol. The summed E-state index contributed by atoms with van der Waals surface area (Å²) in [6, 6.07) is 46.5. The second-order valence-corrected chi connectivity index (χ2v) is 11.3. The molecule has 0 fully saturated rings. The van der Waals surface area contributed by atoms with E-state index in [1.165, 1.54) is 0 Å². The summed E-state index contributed by atoms with van der Waals surface area (Å²) in [5.74, 6) is -1.12. The van der Waals surface area contributed by atoms with Crippen molar-refractivity contribution in [2.45, 2.75) is 32.2 Å². The van der Waals surface area contributed by atoms with Crippen molar-refractivity contribution in [3.8, 4) is 22.5 Å². The lowest BCUT2D eigenvalue weighted by molar-refractivity contribution is -0.151. The van der Waals surface area contributed by atoms with Gasteiger partial charge in [-0.3, -0.25) is 9.59 Å². The molecule has 1 unspecified atom stereocenters. The van der Waals surface area contributed by atoms with Gasteiger partial charge in [-0.15, -0.1) is 15.0 Å². The van der Waals surface area contributed by atoms with Gasteiger partial charge in [0, 0.05) is 12.0 Å². The Morgan fingerprint density at radius 2 is 1.23 bits per heavy atom. The first-order valence-corrected chi connectivity index (χ1v) is 15.9. The van der Waals surface area contributed by atoms with E-state index in [2.05, 4.69) is 36.4 Å². The van der Waals surface area contributed by atoms with Crippen LogP contribution in [-0.2, 0) is 26.3 Å². The summed E-state index contributed by atoms with van der Waals surface area (Å²) < 4.78 is 5.28. The summed E-state index contributed by atoms with van der Waals surface area (Å²) >= 11 is 0. The van der Waals surface area contributed by atoms with Crippen LogP contribution in [0.1, 0.15) is 42.5 Å². The average molecular weight is 621 g/mol. The van der Waals surface area contributed by atoms with Gasteiger partial charge in [-0.05, 0) is 58.0 Å². The molecule has 0 radical (unpaired) electrons. The van der Waals surface area contributed by atoms with E-state index in [4.69, 9.17) is 20.1 Å². The molecule has 7 nitrogen and oxygen atoms in total. The minimum Gasteiger partial charge on any atom is -0.465 e. The lowest BCUT2D eigenvalue weighted by Gasteiger charge is -2.34. The molecule has 0 aliphatic rings. The van der Waals surface area contributed by atoms with Crippen LogP contribution in [0.3, 0.4) is 0 Å². The summed E-state index contributed by atoms with van der Waals surface area (Å²) in [5, 5.41) is 14.6. The fourth-order valence-corrected chi connectivity index (χ4v) is 6.18. The van der Waals surface area contributed by atoms with E-state index in [0.717, 1.165) is 38.9 Å².